The summed E-state index contributed by atoms with van der Waals surface area (Å²) < 4.78 is 12.7. The van der Waals surface area contributed by atoms with Crippen molar-refractivity contribution in [2.45, 2.75) is 38.5 Å². The molecule has 3 heteroatoms. The van der Waals surface area contributed by atoms with E-state index in [0.29, 0.717) is 0 Å². The van der Waals surface area contributed by atoms with Crippen molar-refractivity contribution in [2.75, 3.05) is 4.90 Å². The maximum atomic E-state index is 6.35. The molecular weight excluding hydrogens is 550 g/mol. The lowest BCUT2D eigenvalue weighted by Crippen LogP contribution is -2.43. The summed E-state index contributed by atoms with van der Waals surface area (Å²) in [7, 11) is 0. The lowest BCUT2D eigenvalue weighted by molar-refractivity contribution is 0.299. The summed E-state index contributed by atoms with van der Waals surface area (Å²) >= 11 is 0. The Morgan fingerprint density at radius 3 is 1.64 bits per heavy atom. The number of hydrogen-bond acceptors (Lipinski definition) is 3. The van der Waals surface area contributed by atoms with E-state index in [9.17, 15) is 0 Å². The van der Waals surface area contributed by atoms with Crippen LogP contribution in [0.25, 0.3) is 55.0 Å². The third-order valence-corrected chi connectivity index (χ3v) is 10.6. The molecule has 0 spiro atoms. The van der Waals surface area contributed by atoms with E-state index in [-0.39, 0.29) is 10.8 Å². The number of para-hydroxylation sites is 3. The van der Waals surface area contributed by atoms with Gasteiger partial charge in [-0.3, -0.25) is 0 Å². The highest BCUT2D eigenvalue weighted by Crippen LogP contribution is 2.56. The zero-order valence-corrected chi connectivity index (χ0v) is 25.9. The van der Waals surface area contributed by atoms with Gasteiger partial charge in [-0.1, -0.05) is 88.4 Å². The lowest BCUT2D eigenvalue weighted by atomic mass is 9.55. The highest BCUT2D eigenvalue weighted by Gasteiger charge is 2.46. The van der Waals surface area contributed by atoms with Gasteiger partial charge in [-0.2, -0.15) is 0 Å². The first-order valence-corrected chi connectivity index (χ1v) is 15.7. The molecule has 0 bridgehead atoms. The Morgan fingerprint density at radius 1 is 0.400 bits per heavy atom. The van der Waals surface area contributed by atoms with Crippen LogP contribution in [0.3, 0.4) is 0 Å². The molecule has 218 valence electrons. The molecule has 0 atom stereocenters. The van der Waals surface area contributed by atoms with Gasteiger partial charge in [-0.05, 0) is 93.7 Å². The van der Waals surface area contributed by atoms with E-state index in [4.69, 9.17) is 8.83 Å². The van der Waals surface area contributed by atoms with E-state index in [1.54, 1.807) is 0 Å². The van der Waals surface area contributed by atoms with Crippen LogP contribution in [0, 0.1) is 0 Å². The van der Waals surface area contributed by atoms with Crippen LogP contribution in [0.4, 0.5) is 17.1 Å². The summed E-state index contributed by atoms with van der Waals surface area (Å²) in [5.41, 5.74) is 11.9. The maximum absolute atomic E-state index is 6.35. The number of rotatable bonds is 3. The molecule has 0 saturated heterocycles. The Labute approximate surface area is 262 Å². The van der Waals surface area contributed by atoms with Crippen LogP contribution in [-0.4, -0.2) is 0 Å². The second kappa shape index (κ2) is 9.12. The van der Waals surface area contributed by atoms with E-state index in [2.05, 4.69) is 142 Å². The fourth-order valence-electron chi connectivity index (χ4n) is 7.49. The summed E-state index contributed by atoms with van der Waals surface area (Å²) in [5.74, 6) is 0. The quantitative estimate of drug-likeness (QED) is 0.207. The molecule has 0 saturated carbocycles. The Balaban J connectivity index is 1.27. The molecule has 9 rings (SSSR count). The van der Waals surface area contributed by atoms with Gasteiger partial charge in [0.2, 0.25) is 0 Å². The van der Waals surface area contributed by atoms with E-state index in [0.717, 1.165) is 55.6 Å². The van der Waals surface area contributed by atoms with Gasteiger partial charge in [-0.15, -0.1) is 0 Å². The molecule has 1 aliphatic rings. The molecule has 6 aromatic carbocycles. The molecule has 1 aliphatic carbocycles. The highest BCUT2D eigenvalue weighted by molar-refractivity contribution is 6.08. The van der Waals surface area contributed by atoms with Crippen LogP contribution in [0.15, 0.2) is 136 Å². The summed E-state index contributed by atoms with van der Waals surface area (Å²) in [4.78, 5) is 2.35. The Hall–Kier alpha value is -5.28. The molecule has 8 aromatic rings. The summed E-state index contributed by atoms with van der Waals surface area (Å²) in [5, 5.41) is 4.60. The average molecular weight is 584 g/mol. The molecule has 45 heavy (non-hydrogen) atoms. The molecule has 0 amide bonds. The Kier molecular flexibility index (Phi) is 5.30. The van der Waals surface area contributed by atoms with E-state index in [1.807, 2.05) is 18.2 Å². The fourth-order valence-corrected chi connectivity index (χ4v) is 7.49. The van der Waals surface area contributed by atoms with Crippen LogP contribution in [0.2, 0.25) is 0 Å². The summed E-state index contributed by atoms with van der Waals surface area (Å²) in [6.07, 6.45) is 0. The van der Waals surface area contributed by atoms with Gasteiger partial charge in [-0.25, -0.2) is 0 Å². The van der Waals surface area contributed by atoms with Gasteiger partial charge >= 0.3 is 0 Å². The molecule has 0 unspecified atom stereocenters. The van der Waals surface area contributed by atoms with E-state index >= 15 is 0 Å². The van der Waals surface area contributed by atoms with Crippen molar-refractivity contribution in [2.24, 2.45) is 0 Å². The number of nitrogens with zero attached hydrogens (tertiary/aromatic N) is 1. The van der Waals surface area contributed by atoms with Gasteiger partial charge in [0.05, 0.1) is 0 Å². The summed E-state index contributed by atoms with van der Waals surface area (Å²) in [6, 6.07) is 45.4. The molecule has 0 N–H and O–H groups in total. The third kappa shape index (κ3) is 3.64. The molecule has 3 nitrogen and oxygen atoms in total. The van der Waals surface area contributed by atoms with Crippen molar-refractivity contribution < 1.29 is 8.83 Å². The maximum Gasteiger partial charge on any atom is 0.137 e. The molecule has 0 fully saturated rings. The van der Waals surface area contributed by atoms with Crippen molar-refractivity contribution >= 4 is 60.9 Å². The van der Waals surface area contributed by atoms with Gasteiger partial charge in [0.15, 0.2) is 0 Å². The van der Waals surface area contributed by atoms with Gasteiger partial charge in [0, 0.05) is 44.7 Å². The van der Waals surface area contributed by atoms with Crippen molar-refractivity contribution in [1.82, 2.24) is 0 Å². The largest absolute Gasteiger partial charge is 0.456 e. The molecule has 0 aliphatic heterocycles. The van der Waals surface area contributed by atoms with Gasteiger partial charge in [0.25, 0.3) is 0 Å². The fraction of sp³-hybridized carbons (Fsp3) is 0.143. The minimum atomic E-state index is -0.157. The number of furan rings is 2. The minimum Gasteiger partial charge on any atom is -0.456 e. The predicted octanol–water partition coefficient (Wildman–Crippen LogP) is 12.2. The van der Waals surface area contributed by atoms with Gasteiger partial charge in [0.1, 0.15) is 22.3 Å². The lowest BCUT2D eigenvalue weighted by Gasteiger charge is -2.48. The SMILES string of the molecule is CC1(C)c2cc(N(c3ccccc3)c3ccc4c(c3)oc3ccccc34)ccc2-c2cc3c(cc2C1(C)C)oc1ccccc13. The number of benzene rings is 6. The number of hydrogen-bond donors (Lipinski definition) is 0. The minimum absolute atomic E-state index is 0.147. The van der Waals surface area contributed by atoms with Crippen LogP contribution in [0.1, 0.15) is 38.8 Å². The van der Waals surface area contributed by atoms with Crippen molar-refractivity contribution in [1.29, 1.82) is 0 Å². The van der Waals surface area contributed by atoms with Crippen molar-refractivity contribution in [3.05, 3.63) is 139 Å². The predicted molar refractivity (Wildman–Crippen MR) is 187 cm³/mol. The van der Waals surface area contributed by atoms with Crippen molar-refractivity contribution in [3.8, 4) is 11.1 Å². The van der Waals surface area contributed by atoms with Crippen LogP contribution in [0.5, 0.6) is 0 Å². The van der Waals surface area contributed by atoms with Crippen LogP contribution < -0.4 is 4.90 Å². The smallest absolute Gasteiger partial charge is 0.137 e. The van der Waals surface area contributed by atoms with Gasteiger partial charge < -0.3 is 13.7 Å². The molecule has 0 radical (unpaired) electrons. The second-order valence-electron chi connectivity index (χ2n) is 13.4. The molecule has 2 aromatic heterocycles. The Bertz CT molecular complexity index is 2440. The Morgan fingerprint density at radius 2 is 0.933 bits per heavy atom. The normalized spacial score (nSPS) is 15.0. The zero-order valence-electron chi connectivity index (χ0n) is 25.9. The first-order valence-electron chi connectivity index (χ1n) is 15.7. The first kappa shape index (κ1) is 26.2. The number of anilines is 3. The summed E-state index contributed by atoms with van der Waals surface area (Å²) in [6.45, 7) is 9.52. The highest BCUT2D eigenvalue weighted by atomic mass is 16.3. The van der Waals surface area contributed by atoms with Crippen LogP contribution in [-0.2, 0) is 10.8 Å². The average Bonchev–Trinajstić information content (AvgIpc) is 3.61. The van der Waals surface area contributed by atoms with Crippen molar-refractivity contribution in [3.63, 3.8) is 0 Å². The van der Waals surface area contributed by atoms with Crippen LogP contribution >= 0.6 is 0 Å². The molecular formula is C42H33NO2. The third-order valence-electron chi connectivity index (χ3n) is 10.6. The molecule has 2 heterocycles. The number of fused-ring (bicyclic) bond motifs is 9. The topological polar surface area (TPSA) is 29.5 Å². The zero-order chi connectivity index (χ0) is 30.5. The monoisotopic (exact) mass is 583 g/mol. The van der Waals surface area contributed by atoms with E-state index in [1.165, 1.54) is 27.6 Å². The first-order chi connectivity index (χ1) is 21.8. The second-order valence-corrected chi connectivity index (χ2v) is 13.4. The van der Waals surface area contributed by atoms with E-state index < -0.39 is 0 Å². The standard InChI is InChI=1S/C42H33NO2/c1-41(2)35-22-27(18-20-29(35)33-24-34-31-15-9-11-17-38(31)45-40(34)25-36(33)42(41,3)4)43(26-12-6-5-7-13-26)28-19-21-32-30-14-8-10-16-37(30)44-39(32)23-28/h5-25H,1-4H3.